The number of rotatable bonds is 5. The van der Waals surface area contributed by atoms with Gasteiger partial charge in [-0.25, -0.2) is 0 Å². The van der Waals surface area contributed by atoms with E-state index in [0.29, 0.717) is 50.6 Å². The highest BCUT2D eigenvalue weighted by Crippen LogP contribution is 2.52. The smallest absolute Gasteiger partial charge is 0.219 e. The molecule has 0 saturated heterocycles. The monoisotopic (exact) mass is 517 g/mol. The molecular weight excluding hydrogens is 497 g/mol. The molecule has 4 rings (SSSR count). The van der Waals surface area contributed by atoms with Gasteiger partial charge < -0.3 is 5.73 Å². The number of benzene rings is 1. The van der Waals surface area contributed by atoms with Crippen LogP contribution in [0.15, 0.2) is 57.9 Å². The Morgan fingerprint density at radius 1 is 1.36 bits per heavy atom. The Morgan fingerprint density at radius 2 is 2.06 bits per heavy atom. The van der Waals surface area contributed by atoms with Crippen LogP contribution >= 0.6 is 46.3 Å². The van der Waals surface area contributed by atoms with E-state index in [1.165, 1.54) is 23.1 Å². The van der Waals surface area contributed by atoms with Crippen LogP contribution in [-0.4, -0.2) is 21.7 Å². The number of halogens is 2. The molecule has 10 heteroatoms. The van der Waals surface area contributed by atoms with Crippen LogP contribution in [0.25, 0.3) is 0 Å². The molecule has 6 nitrogen and oxygen atoms in total. The maximum Gasteiger partial charge on any atom is 0.219 e. The van der Waals surface area contributed by atoms with E-state index in [0.717, 1.165) is 4.34 Å². The summed E-state index contributed by atoms with van der Waals surface area (Å²) in [5, 5.41) is 20.0. The van der Waals surface area contributed by atoms with Crippen LogP contribution in [0.4, 0.5) is 5.13 Å². The molecular formula is C23H21Cl2N5OS2. The van der Waals surface area contributed by atoms with Crippen molar-refractivity contribution in [2.45, 2.75) is 36.9 Å². The molecule has 0 fully saturated rings. The lowest BCUT2D eigenvalue weighted by atomic mass is 9.68. The number of hydrogen-bond acceptors (Lipinski definition) is 8. The number of nitrogens with two attached hydrogens (primary N) is 1. The highest BCUT2D eigenvalue weighted by atomic mass is 35.5. The Hall–Kier alpha value is -2.31. The number of allylic oxidation sites excluding steroid dienone is 3. The molecule has 0 amide bonds. The highest BCUT2D eigenvalue weighted by Gasteiger charge is 2.46. The molecule has 2 N–H and O–H groups in total. The van der Waals surface area contributed by atoms with Crippen LogP contribution in [0.1, 0.15) is 38.2 Å². The van der Waals surface area contributed by atoms with Crippen molar-refractivity contribution in [2.24, 2.45) is 11.1 Å². The predicted octanol–water partition coefficient (Wildman–Crippen LogP) is 6.06. The second-order valence-corrected chi connectivity index (χ2v) is 11.6. The fourth-order valence-electron chi connectivity index (χ4n) is 4.28. The quantitative estimate of drug-likeness (QED) is 0.379. The van der Waals surface area contributed by atoms with Gasteiger partial charge in [-0.3, -0.25) is 9.69 Å². The Balaban J connectivity index is 1.96. The second-order valence-electron chi connectivity index (χ2n) is 8.57. The maximum absolute atomic E-state index is 13.6. The van der Waals surface area contributed by atoms with Crippen LogP contribution in [0, 0.1) is 16.7 Å². The number of nitrogens with zero attached hydrogens (tertiary/aromatic N) is 4. The normalized spacial score (nSPS) is 20.0. The van der Waals surface area contributed by atoms with Crippen molar-refractivity contribution >= 4 is 57.2 Å². The molecule has 1 aliphatic carbocycles. The Morgan fingerprint density at radius 3 is 2.70 bits per heavy atom. The molecule has 170 valence electrons. The van der Waals surface area contributed by atoms with Gasteiger partial charge in [0.15, 0.2) is 10.1 Å². The number of carbonyl (C=O) groups excluding carboxylic acids is 1. The molecule has 2 aliphatic rings. The summed E-state index contributed by atoms with van der Waals surface area (Å²) >= 11 is 15.9. The number of thioether (sulfide) groups is 1. The SMILES string of the molecule is C=CCSc1nnc(N2C(N)=C(C#N)C(c3c(Cl)cccc3Cl)C3=C2CC(C)(C)CC3=O)s1. The van der Waals surface area contributed by atoms with E-state index in [4.69, 9.17) is 28.9 Å². The minimum Gasteiger partial charge on any atom is -0.384 e. The minimum atomic E-state index is -0.742. The fraction of sp³-hybridized carbons (Fsp3) is 0.304. The molecule has 1 unspecified atom stereocenters. The van der Waals surface area contributed by atoms with Gasteiger partial charge in [0.25, 0.3) is 0 Å². The summed E-state index contributed by atoms with van der Waals surface area (Å²) in [5.41, 5.74) is 8.25. The molecule has 1 aliphatic heterocycles. The molecule has 0 radical (unpaired) electrons. The fourth-order valence-corrected chi connectivity index (χ4v) is 6.54. The maximum atomic E-state index is 13.6. The van der Waals surface area contributed by atoms with E-state index in [1.54, 1.807) is 29.2 Å². The molecule has 0 saturated carbocycles. The number of ketones is 1. The van der Waals surface area contributed by atoms with Gasteiger partial charge in [-0.05, 0) is 24.0 Å². The first-order valence-electron chi connectivity index (χ1n) is 10.2. The van der Waals surface area contributed by atoms with E-state index in [9.17, 15) is 10.1 Å². The Kier molecular flexibility index (Phi) is 6.61. The van der Waals surface area contributed by atoms with Crippen molar-refractivity contribution in [3.8, 4) is 6.07 Å². The van der Waals surface area contributed by atoms with Gasteiger partial charge in [-0.2, -0.15) is 5.26 Å². The van der Waals surface area contributed by atoms with Gasteiger partial charge in [0.1, 0.15) is 5.82 Å². The Bertz CT molecular complexity index is 1240. The summed E-state index contributed by atoms with van der Waals surface area (Å²) in [6.45, 7) is 7.80. The third-order valence-electron chi connectivity index (χ3n) is 5.58. The first-order chi connectivity index (χ1) is 15.7. The summed E-state index contributed by atoms with van der Waals surface area (Å²) < 4.78 is 0.746. The lowest BCUT2D eigenvalue weighted by molar-refractivity contribution is -0.118. The molecule has 33 heavy (non-hydrogen) atoms. The van der Waals surface area contributed by atoms with E-state index in [-0.39, 0.29) is 22.6 Å². The van der Waals surface area contributed by atoms with Crippen LogP contribution in [0.2, 0.25) is 10.0 Å². The number of carbonyl (C=O) groups is 1. The lowest BCUT2D eigenvalue weighted by Crippen LogP contribution is -2.42. The third-order valence-corrected chi connectivity index (χ3v) is 8.28. The van der Waals surface area contributed by atoms with E-state index >= 15 is 0 Å². The summed E-state index contributed by atoms with van der Waals surface area (Å²) in [4.78, 5) is 15.3. The average molecular weight is 518 g/mol. The number of aromatic nitrogens is 2. The van der Waals surface area contributed by atoms with Gasteiger partial charge in [0.2, 0.25) is 5.13 Å². The van der Waals surface area contributed by atoms with Crippen molar-refractivity contribution in [3.05, 3.63) is 69.1 Å². The minimum absolute atomic E-state index is 0.0572. The average Bonchev–Trinajstić information content (AvgIpc) is 3.19. The molecule has 0 bridgehead atoms. The van der Waals surface area contributed by atoms with Gasteiger partial charge in [0.05, 0.1) is 17.6 Å². The zero-order chi connectivity index (χ0) is 23.9. The van der Waals surface area contributed by atoms with Gasteiger partial charge >= 0.3 is 0 Å². The molecule has 1 aromatic heterocycles. The van der Waals surface area contributed by atoms with E-state index in [2.05, 4.69) is 22.8 Å². The highest BCUT2D eigenvalue weighted by molar-refractivity contribution is 8.01. The largest absolute Gasteiger partial charge is 0.384 e. The zero-order valence-corrected chi connectivity index (χ0v) is 21.2. The number of anilines is 1. The number of Topliss-reactive ketones (excluding diaryl/α,β-unsaturated/α-hetero) is 1. The molecule has 1 aromatic carbocycles. The van der Waals surface area contributed by atoms with Crippen LogP contribution < -0.4 is 10.6 Å². The van der Waals surface area contributed by atoms with Crippen LogP contribution in [0.3, 0.4) is 0 Å². The molecule has 0 spiro atoms. The molecule has 1 atom stereocenters. The molecule has 2 heterocycles. The summed E-state index contributed by atoms with van der Waals surface area (Å²) in [7, 11) is 0. The third kappa shape index (κ3) is 4.31. The Labute approximate surface area is 210 Å². The van der Waals surface area contributed by atoms with Crippen molar-refractivity contribution in [1.29, 1.82) is 5.26 Å². The van der Waals surface area contributed by atoms with E-state index < -0.39 is 5.92 Å². The number of hydrogen-bond donors (Lipinski definition) is 1. The van der Waals surface area contributed by atoms with Crippen LogP contribution in [-0.2, 0) is 4.79 Å². The van der Waals surface area contributed by atoms with Crippen molar-refractivity contribution in [2.75, 3.05) is 10.7 Å². The van der Waals surface area contributed by atoms with Gasteiger partial charge in [-0.15, -0.1) is 16.8 Å². The van der Waals surface area contributed by atoms with E-state index in [1.807, 2.05) is 13.8 Å². The van der Waals surface area contributed by atoms with Crippen molar-refractivity contribution in [3.63, 3.8) is 0 Å². The predicted molar refractivity (Wildman–Crippen MR) is 134 cm³/mol. The van der Waals surface area contributed by atoms with Crippen molar-refractivity contribution < 1.29 is 4.79 Å². The molecule has 2 aromatic rings. The van der Waals surface area contributed by atoms with Gasteiger partial charge in [0, 0.05) is 39.1 Å². The number of nitriles is 1. The zero-order valence-electron chi connectivity index (χ0n) is 18.1. The van der Waals surface area contributed by atoms with Crippen molar-refractivity contribution in [1.82, 2.24) is 10.2 Å². The second kappa shape index (κ2) is 9.15. The summed E-state index contributed by atoms with van der Waals surface area (Å²) in [6.07, 6.45) is 2.70. The first-order valence-corrected chi connectivity index (χ1v) is 12.7. The first kappa shape index (κ1) is 23.8. The topological polar surface area (TPSA) is 95.9 Å². The van der Waals surface area contributed by atoms with Crippen LogP contribution in [0.5, 0.6) is 0 Å². The lowest BCUT2D eigenvalue weighted by Gasteiger charge is -2.42. The summed E-state index contributed by atoms with van der Waals surface area (Å²) in [6, 6.07) is 7.35. The standard InChI is InChI=1S/C23H21Cl2N5OS2/c1-4-8-32-22-29-28-21(33-22)30-15-9-23(2,3)10-16(31)19(15)17(12(11-26)20(30)27)18-13(24)6-5-7-14(18)25/h4-7,17H,1,8-10,27H2,2-3H3. The van der Waals surface area contributed by atoms with Gasteiger partial charge in [-0.1, -0.05) is 72.3 Å². The summed E-state index contributed by atoms with van der Waals surface area (Å²) in [5.74, 6) is 0.0988.